The molecule has 108 valence electrons. The summed E-state index contributed by atoms with van der Waals surface area (Å²) in [5.74, 6) is -0.271. The van der Waals surface area contributed by atoms with Crippen LogP contribution in [0.25, 0.3) is 0 Å². The highest BCUT2D eigenvalue weighted by atomic mass is 35.5. The van der Waals surface area contributed by atoms with Gasteiger partial charge in [-0.2, -0.15) is 5.26 Å². The lowest BCUT2D eigenvalue weighted by Gasteiger charge is -2.31. The Hall–Kier alpha value is -2.64. The molecule has 1 aliphatic rings. The van der Waals surface area contributed by atoms with Crippen LogP contribution in [0.3, 0.4) is 0 Å². The smallest absolute Gasteiger partial charge is 0.260 e. The molecule has 2 aromatic carbocycles. The van der Waals surface area contributed by atoms with E-state index in [1.807, 2.05) is 31.2 Å². The lowest BCUT2D eigenvalue weighted by Crippen LogP contribution is -2.42. The first-order chi connectivity index (χ1) is 10.6. The first kappa shape index (κ1) is 14.3. The number of rotatable bonds is 1. The molecule has 1 aliphatic heterocycles. The fourth-order valence-electron chi connectivity index (χ4n) is 2.47. The Kier molecular flexibility index (Phi) is 3.66. The van der Waals surface area contributed by atoms with Crippen molar-refractivity contribution in [3.05, 3.63) is 64.7 Å². The lowest BCUT2D eigenvalue weighted by atomic mass is 10.0. The topological polar surface area (TPSA) is 56.5 Å². The van der Waals surface area contributed by atoms with Crippen molar-refractivity contribution in [2.75, 3.05) is 4.90 Å². The van der Waals surface area contributed by atoms with Crippen molar-refractivity contribution in [3.8, 4) is 6.07 Å². The predicted molar refractivity (Wildman–Crippen MR) is 86.3 cm³/mol. The van der Waals surface area contributed by atoms with Crippen LogP contribution < -0.4 is 4.90 Å². The summed E-state index contributed by atoms with van der Waals surface area (Å²) in [6.45, 7) is 1.84. The molecule has 0 bridgehead atoms. The van der Waals surface area contributed by atoms with E-state index in [9.17, 15) is 10.1 Å². The predicted octanol–water partition coefficient (Wildman–Crippen LogP) is 3.66. The number of hydrogen-bond donors (Lipinski definition) is 0. The number of aliphatic imine (C=N–C) groups is 1. The lowest BCUT2D eigenvalue weighted by molar-refractivity contribution is 0.0982. The van der Waals surface area contributed by atoms with Gasteiger partial charge >= 0.3 is 0 Å². The maximum Gasteiger partial charge on any atom is 0.260 e. The van der Waals surface area contributed by atoms with E-state index < -0.39 is 6.17 Å². The number of nitrogens with zero attached hydrogens (tertiary/aromatic N) is 3. The van der Waals surface area contributed by atoms with E-state index in [1.54, 1.807) is 24.3 Å². The molecule has 0 saturated heterocycles. The van der Waals surface area contributed by atoms with Crippen molar-refractivity contribution in [2.24, 2.45) is 4.99 Å². The van der Waals surface area contributed by atoms with Crippen LogP contribution >= 0.6 is 11.6 Å². The summed E-state index contributed by atoms with van der Waals surface area (Å²) in [7, 11) is 0. The van der Waals surface area contributed by atoms with E-state index in [0.29, 0.717) is 16.3 Å². The van der Waals surface area contributed by atoms with Crippen LogP contribution in [0.2, 0.25) is 5.02 Å². The second-order valence-corrected chi connectivity index (χ2v) is 5.35. The zero-order valence-corrected chi connectivity index (χ0v) is 12.6. The van der Waals surface area contributed by atoms with Gasteiger partial charge in [0.05, 0.1) is 5.69 Å². The number of para-hydroxylation sites is 1. The zero-order chi connectivity index (χ0) is 15.7. The van der Waals surface area contributed by atoms with Crippen LogP contribution in [-0.2, 0) is 0 Å². The standard InChI is InChI=1S/C17H12ClN3O/c1-11-14-4-2-3-5-15(14)21(16(10-19)20-11)17(22)12-6-8-13(18)9-7-12/h2-9,16H,1H3. The molecule has 3 rings (SSSR count). The number of fused-ring (bicyclic) bond motifs is 1. The van der Waals surface area contributed by atoms with Gasteiger partial charge in [-0.15, -0.1) is 0 Å². The van der Waals surface area contributed by atoms with Gasteiger partial charge in [0.1, 0.15) is 6.07 Å². The Balaban J connectivity index is 2.10. The molecule has 22 heavy (non-hydrogen) atoms. The monoisotopic (exact) mass is 309 g/mol. The Morgan fingerprint density at radius 3 is 2.59 bits per heavy atom. The van der Waals surface area contributed by atoms with Gasteiger partial charge in [-0.25, -0.2) is 4.99 Å². The third-order valence-electron chi connectivity index (χ3n) is 3.54. The minimum atomic E-state index is -0.863. The Morgan fingerprint density at radius 1 is 1.23 bits per heavy atom. The van der Waals surface area contributed by atoms with E-state index in [2.05, 4.69) is 11.1 Å². The van der Waals surface area contributed by atoms with E-state index in [4.69, 9.17) is 11.6 Å². The molecule has 0 spiro atoms. The number of anilines is 1. The van der Waals surface area contributed by atoms with E-state index >= 15 is 0 Å². The van der Waals surface area contributed by atoms with Crippen LogP contribution in [0.5, 0.6) is 0 Å². The molecule has 0 saturated carbocycles. The summed E-state index contributed by atoms with van der Waals surface area (Å²) in [5, 5.41) is 9.93. The number of carbonyl (C=O) groups is 1. The summed E-state index contributed by atoms with van der Waals surface area (Å²) in [5.41, 5.74) is 2.77. The average Bonchev–Trinajstić information content (AvgIpc) is 2.55. The maximum absolute atomic E-state index is 12.8. The second-order valence-electron chi connectivity index (χ2n) is 4.92. The summed E-state index contributed by atoms with van der Waals surface area (Å²) in [6, 6.07) is 16.1. The van der Waals surface area contributed by atoms with Gasteiger partial charge in [-0.05, 0) is 37.3 Å². The molecular weight excluding hydrogens is 298 g/mol. The largest absolute Gasteiger partial charge is 0.272 e. The Bertz CT molecular complexity index is 805. The fourth-order valence-corrected chi connectivity index (χ4v) is 2.60. The van der Waals surface area contributed by atoms with Gasteiger partial charge in [0.25, 0.3) is 5.91 Å². The van der Waals surface area contributed by atoms with Crippen LogP contribution in [0, 0.1) is 11.3 Å². The first-order valence-corrected chi connectivity index (χ1v) is 7.12. The van der Waals surface area contributed by atoms with Crippen molar-refractivity contribution in [1.29, 1.82) is 5.26 Å². The Labute approximate surface area is 133 Å². The quantitative estimate of drug-likeness (QED) is 0.807. The van der Waals surface area contributed by atoms with Gasteiger partial charge in [0, 0.05) is 21.9 Å². The van der Waals surface area contributed by atoms with Crippen LogP contribution in [0.4, 0.5) is 5.69 Å². The van der Waals surface area contributed by atoms with E-state index in [1.165, 1.54) is 4.90 Å². The third-order valence-corrected chi connectivity index (χ3v) is 3.79. The number of carbonyl (C=O) groups excluding carboxylic acids is 1. The highest BCUT2D eigenvalue weighted by Gasteiger charge is 2.31. The minimum Gasteiger partial charge on any atom is -0.272 e. The van der Waals surface area contributed by atoms with Gasteiger partial charge in [0.2, 0.25) is 6.17 Å². The van der Waals surface area contributed by atoms with Gasteiger partial charge in [-0.3, -0.25) is 9.69 Å². The molecule has 0 aromatic heterocycles. The molecule has 2 aromatic rings. The van der Waals surface area contributed by atoms with Crippen LogP contribution in [-0.4, -0.2) is 17.8 Å². The number of amides is 1. The summed E-state index contributed by atoms with van der Waals surface area (Å²) < 4.78 is 0. The minimum absolute atomic E-state index is 0.271. The van der Waals surface area contributed by atoms with Crippen LogP contribution in [0.15, 0.2) is 53.5 Å². The summed E-state index contributed by atoms with van der Waals surface area (Å²) >= 11 is 5.86. The van der Waals surface area contributed by atoms with E-state index in [-0.39, 0.29) is 5.91 Å². The van der Waals surface area contributed by atoms with Crippen molar-refractivity contribution in [3.63, 3.8) is 0 Å². The summed E-state index contributed by atoms with van der Waals surface area (Å²) in [6.07, 6.45) is -0.863. The second kappa shape index (κ2) is 5.63. The van der Waals surface area contributed by atoms with Crippen LogP contribution in [0.1, 0.15) is 22.8 Å². The molecular formula is C17H12ClN3O. The van der Waals surface area contributed by atoms with E-state index in [0.717, 1.165) is 11.3 Å². The summed E-state index contributed by atoms with van der Waals surface area (Å²) in [4.78, 5) is 18.6. The maximum atomic E-state index is 12.8. The first-order valence-electron chi connectivity index (χ1n) is 6.74. The fraction of sp³-hybridized carbons (Fsp3) is 0.118. The number of halogens is 1. The molecule has 0 N–H and O–H groups in total. The molecule has 1 unspecified atom stereocenters. The zero-order valence-electron chi connectivity index (χ0n) is 11.8. The highest BCUT2D eigenvalue weighted by molar-refractivity contribution is 6.30. The number of nitriles is 1. The highest BCUT2D eigenvalue weighted by Crippen LogP contribution is 2.30. The van der Waals surface area contributed by atoms with Crippen molar-refractivity contribution < 1.29 is 4.79 Å². The Morgan fingerprint density at radius 2 is 1.91 bits per heavy atom. The molecule has 1 heterocycles. The van der Waals surface area contributed by atoms with Gasteiger partial charge < -0.3 is 0 Å². The SMILES string of the molecule is CC1=NC(C#N)N(C(=O)c2ccc(Cl)cc2)c2ccccc21. The molecule has 0 radical (unpaired) electrons. The van der Waals surface area contributed by atoms with Crippen molar-refractivity contribution >= 4 is 28.9 Å². The molecule has 5 heteroatoms. The van der Waals surface area contributed by atoms with Gasteiger partial charge in [-0.1, -0.05) is 29.8 Å². The number of benzene rings is 2. The molecule has 4 nitrogen and oxygen atoms in total. The number of hydrogen-bond acceptors (Lipinski definition) is 3. The van der Waals surface area contributed by atoms with Crippen molar-refractivity contribution in [1.82, 2.24) is 0 Å². The van der Waals surface area contributed by atoms with Gasteiger partial charge in [0.15, 0.2) is 0 Å². The molecule has 0 aliphatic carbocycles. The average molecular weight is 310 g/mol. The molecule has 0 fully saturated rings. The molecule has 1 atom stereocenters. The normalized spacial score (nSPS) is 16.5. The molecule has 1 amide bonds. The van der Waals surface area contributed by atoms with Crippen molar-refractivity contribution in [2.45, 2.75) is 13.1 Å². The third kappa shape index (κ3) is 2.36.